The summed E-state index contributed by atoms with van der Waals surface area (Å²) in [7, 11) is 0. The van der Waals surface area contributed by atoms with Gasteiger partial charge < -0.3 is 4.90 Å². The van der Waals surface area contributed by atoms with Crippen LogP contribution in [-0.4, -0.2) is 0 Å². The highest BCUT2D eigenvalue weighted by Gasteiger charge is 2.46. The second-order valence-corrected chi connectivity index (χ2v) is 13.7. The Morgan fingerprint density at radius 3 is 1.47 bits per heavy atom. The average molecular weight is 627 g/mol. The second kappa shape index (κ2) is 10.9. The van der Waals surface area contributed by atoms with E-state index in [2.05, 4.69) is 183 Å². The van der Waals surface area contributed by atoms with E-state index in [-0.39, 0.29) is 5.41 Å². The smallest absolute Gasteiger partial charge is 0.0991 e. The van der Waals surface area contributed by atoms with Crippen LogP contribution in [-0.2, 0) is 10.8 Å². The standard InChI is InChI=1S/C47H34N2/c1-46(2)42-19-11-9-17-38(42)40-27-25-36(29-44(40)46)49(35-23-21-32(31-48)22-24-35)37-26-28-41-39-18-10-12-20-43(39)47(45(41)30-37,33-13-5-3-6-14-33)34-15-7-4-8-16-34/h3-30H,1-2H3. The maximum absolute atomic E-state index is 9.65. The van der Waals surface area contributed by atoms with E-state index in [1.54, 1.807) is 0 Å². The summed E-state index contributed by atoms with van der Waals surface area (Å²) in [6, 6.07) is 63.7. The monoisotopic (exact) mass is 626 g/mol. The molecule has 0 atom stereocenters. The molecule has 7 aromatic carbocycles. The number of hydrogen-bond donors (Lipinski definition) is 0. The van der Waals surface area contributed by atoms with E-state index >= 15 is 0 Å². The topological polar surface area (TPSA) is 27.0 Å². The molecule has 0 aromatic heterocycles. The molecule has 0 N–H and O–H groups in total. The van der Waals surface area contributed by atoms with Crippen LogP contribution in [0.5, 0.6) is 0 Å². The summed E-state index contributed by atoms with van der Waals surface area (Å²) >= 11 is 0. The maximum atomic E-state index is 9.65. The minimum Gasteiger partial charge on any atom is -0.310 e. The van der Waals surface area contributed by atoms with Gasteiger partial charge in [0.1, 0.15) is 0 Å². The minimum absolute atomic E-state index is 0.131. The van der Waals surface area contributed by atoms with Crippen LogP contribution < -0.4 is 4.90 Å². The van der Waals surface area contributed by atoms with Gasteiger partial charge in [0.2, 0.25) is 0 Å². The highest BCUT2D eigenvalue weighted by molar-refractivity contribution is 5.90. The number of fused-ring (bicyclic) bond motifs is 6. The van der Waals surface area contributed by atoms with E-state index in [4.69, 9.17) is 0 Å². The first-order chi connectivity index (χ1) is 24.0. The fraction of sp³-hybridized carbons (Fsp3) is 0.0851. The summed E-state index contributed by atoms with van der Waals surface area (Å²) < 4.78 is 0. The first-order valence-electron chi connectivity index (χ1n) is 16.9. The molecule has 0 saturated heterocycles. The quantitative estimate of drug-likeness (QED) is 0.190. The van der Waals surface area contributed by atoms with Gasteiger partial charge in [-0.25, -0.2) is 0 Å². The van der Waals surface area contributed by atoms with E-state index in [1.807, 2.05) is 12.1 Å². The van der Waals surface area contributed by atoms with Gasteiger partial charge in [-0.3, -0.25) is 0 Å². The van der Waals surface area contributed by atoms with Gasteiger partial charge in [-0.05, 0) is 104 Å². The Labute approximate surface area is 288 Å². The molecule has 2 nitrogen and oxygen atoms in total. The number of benzene rings is 7. The Bertz CT molecular complexity index is 2380. The zero-order chi connectivity index (χ0) is 33.2. The van der Waals surface area contributed by atoms with Crippen molar-refractivity contribution in [2.75, 3.05) is 4.90 Å². The Balaban J connectivity index is 1.31. The first-order valence-corrected chi connectivity index (χ1v) is 16.9. The van der Waals surface area contributed by atoms with Gasteiger partial charge in [-0.15, -0.1) is 0 Å². The predicted octanol–water partition coefficient (Wildman–Crippen LogP) is 11.7. The highest BCUT2D eigenvalue weighted by Crippen LogP contribution is 2.57. The molecule has 2 heteroatoms. The van der Waals surface area contributed by atoms with Gasteiger partial charge in [-0.2, -0.15) is 5.26 Å². The molecule has 0 unspecified atom stereocenters. The summed E-state index contributed by atoms with van der Waals surface area (Å²) in [5.41, 5.74) is 16.0. The lowest BCUT2D eigenvalue weighted by atomic mass is 9.67. The molecule has 9 rings (SSSR count). The van der Waals surface area contributed by atoms with Crippen LogP contribution >= 0.6 is 0 Å². The summed E-state index contributed by atoms with van der Waals surface area (Å²) in [5, 5.41) is 9.65. The molecule has 0 spiro atoms. The van der Waals surface area contributed by atoms with Gasteiger partial charge in [0.25, 0.3) is 0 Å². The third kappa shape index (κ3) is 4.19. The number of anilines is 3. The van der Waals surface area contributed by atoms with Crippen molar-refractivity contribution in [3.63, 3.8) is 0 Å². The van der Waals surface area contributed by atoms with E-state index in [0.717, 1.165) is 17.1 Å². The fourth-order valence-corrected chi connectivity index (χ4v) is 8.54. The molecular formula is C47H34N2. The van der Waals surface area contributed by atoms with Crippen LogP contribution in [0.3, 0.4) is 0 Å². The van der Waals surface area contributed by atoms with Gasteiger partial charge >= 0.3 is 0 Å². The Kier molecular flexibility index (Phi) is 6.48. The van der Waals surface area contributed by atoms with Crippen molar-refractivity contribution in [2.45, 2.75) is 24.7 Å². The Morgan fingerprint density at radius 1 is 0.429 bits per heavy atom. The van der Waals surface area contributed by atoms with Gasteiger partial charge in [0.05, 0.1) is 17.0 Å². The molecule has 7 aromatic rings. The molecule has 0 saturated carbocycles. The van der Waals surface area contributed by atoms with Crippen LogP contribution in [0.2, 0.25) is 0 Å². The van der Waals surface area contributed by atoms with Gasteiger partial charge in [0, 0.05) is 22.5 Å². The molecule has 0 fully saturated rings. The van der Waals surface area contributed by atoms with Crippen LogP contribution in [0, 0.1) is 11.3 Å². The SMILES string of the molecule is CC1(C)c2ccccc2-c2ccc(N(c3ccc(C#N)cc3)c3ccc4c(c3)C(c3ccccc3)(c3ccccc3)c3ccccc3-4)cc21. The number of nitrogens with zero attached hydrogens (tertiary/aromatic N) is 2. The number of nitriles is 1. The first kappa shape index (κ1) is 29.0. The predicted molar refractivity (Wildman–Crippen MR) is 201 cm³/mol. The molecule has 232 valence electrons. The molecule has 0 aliphatic heterocycles. The molecule has 0 bridgehead atoms. The maximum Gasteiger partial charge on any atom is 0.0991 e. The van der Waals surface area contributed by atoms with Gasteiger partial charge in [-0.1, -0.05) is 135 Å². The van der Waals surface area contributed by atoms with Crippen molar-refractivity contribution in [1.82, 2.24) is 0 Å². The van der Waals surface area contributed by atoms with Crippen LogP contribution in [0.1, 0.15) is 52.8 Å². The molecule has 0 heterocycles. The van der Waals surface area contributed by atoms with Crippen LogP contribution in [0.25, 0.3) is 22.3 Å². The van der Waals surface area contributed by atoms with Crippen molar-refractivity contribution in [3.8, 4) is 28.3 Å². The number of rotatable bonds is 5. The van der Waals surface area contributed by atoms with E-state index in [1.165, 1.54) is 55.6 Å². The normalized spacial score (nSPS) is 14.2. The summed E-state index contributed by atoms with van der Waals surface area (Å²) in [5.74, 6) is 0. The molecule has 0 radical (unpaired) electrons. The van der Waals surface area contributed by atoms with E-state index < -0.39 is 5.41 Å². The van der Waals surface area contributed by atoms with Crippen LogP contribution in [0.15, 0.2) is 170 Å². The third-order valence-corrected chi connectivity index (χ3v) is 10.8. The number of hydrogen-bond acceptors (Lipinski definition) is 2. The highest BCUT2D eigenvalue weighted by atomic mass is 15.1. The summed E-state index contributed by atoms with van der Waals surface area (Å²) in [6.07, 6.45) is 0. The lowest BCUT2D eigenvalue weighted by Gasteiger charge is -2.35. The Hall–Kier alpha value is -6.17. The molecular weight excluding hydrogens is 593 g/mol. The largest absolute Gasteiger partial charge is 0.310 e. The average Bonchev–Trinajstić information content (AvgIpc) is 3.58. The zero-order valence-electron chi connectivity index (χ0n) is 27.6. The van der Waals surface area contributed by atoms with Crippen molar-refractivity contribution in [1.29, 1.82) is 5.26 Å². The van der Waals surface area contributed by atoms with Crippen molar-refractivity contribution in [3.05, 3.63) is 209 Å². The summed E-state index contributed by atoms with van der Waals surface area (Å²) in [6.45, 7) is 4.66. The van der Waals surface area contributed by atoms with Crippen molar-refractivity contribution < 1.29 is 0 Å². The Morgan fingerprint density at radius 2 is 0.878 bits per heavy atom. The van der Waals surface area contributed by atoms with E-state index in [0.29, 0.717) is 5.56 Å². The van der Waals surface area contributed by atoms with Crippen molar-refractivity contribution in [2.24, 2.45) is 0 Å². The fourth-order valence-electron chi connectivity index (χ4n) is 8.54. The molecule has 49 heavy (non-hydrogen) atoms. The van der Waals surface area contributed by atoms with Crippen LogP contribution in [0.4, 0.5) is 17.1 Å². The van der Waals surface area contributed by atoms with Crippen molar-refractivity contribution >= 4 is 17.1 Å². The molecule has 2 aliphatic rings. The van der Waals surface area contributed by atoms with E-state index in [9.17, 15) is 5.26 Å². The lowest BCUT2D eigenvalue weighted by Crippen LogP contribution is -2.28. The third-order valence-electron chi connectivity index (χ3n) is 10.8. The summed E-state index contributed by atoms with van der Waals surface area (Å²) in [4.78, 5) is 2.35. The zero-order valence-corrected chi connectivity index (χ0v) is 27.6. The second-order valence-electron chi connectivity index (χ2n) is 13.7. The van der Waals surface area contributed by atoms with Gasteiger partial charge in [0.15, 0.2) is 0 Å². The minimum atomic E-state index is -0.498. The molecule has 0 amide bonds. The molecule has 2 aliphatic carbocycles. The lowest BCUT2D eigenvalue weighted by molar-refractivity contribution is 0.660.